The second-order valence-corrected chi connectivity index (χ2v) is 6.71. The van der Waals surface area contributed by atoms with Gasteiger partial charge in [-0.3, -0.25) is 0 Å². The van der Waals surface area contributed by atoms with E-state index in [0.29, 0.717) is 0 Å². The Morgan fingerprint density at radius 2 is 1.88 bits per heavy atom. The first-order valence-corrected chi connectivity index (χ1v) is 9.38. The SMILES string of the molecule is CCc1ccc2c(Oc3ccc4c(c3)NCCC4)cccc2c1CC. The van der Waals surface area contributed by atoms with Crippen molar-refractivity contribution in [3.05, 3.63) is 65.2 Å². The van der Waals surface area contributed by atoms with Crippen LogP contribution in [-0.4, -0.2) is 6.54 Å². The van der Waals surface area contributed by atoms with Crippen LogP contribution in [0.25, 0.3) is 10.8 Å². The highest BCUT2D eigenvalue weighted by Crippen LogP contribution is 2.35. The van der Waals surface area contributed by atoms with Crippen LogP contribution in [0.3, 0.4) is 0 Å². The van der Waals surface area contributed by atoms with Crippen molar-refractivity contribution in [2.45, 2.75) is 39.5 Å². The van der Waals surface area contributed by atoms with Crippen LogP contribution in [0.4, 0.5) is 5.69 Å². The summed E-state index contributed by atoms with van der Waals surface area (Å²) in [6.07, 6.45) is 4.47. The smallest absolute Gasteiger partial charge is 0.135 e. The van der Waals surface area contributed by atoms with Crippen molar-refractivity contribution in [1.82, 2.24) is 0 Å². The number of fused-ring (bicyclic) bond motifs is 2. The summed E-state index contributed by atoms with van der Waals surface area (Å²) in [5, 5.41) is 5.99. The van der Waals surface area contributed by atoms with E-state index in [1.165, 1.54) is 39.6 Å². The minimum atomic E-state index is 0.901. The molecule has 3 aromatic rings. The summed E-state index contributed by atoms with van der Waals surface area (Å²) in [7, 11) is 0. The van der Waals surface area contributed by atoms with Crippen molar-refractivity contribution in [2.24, 2.45) is 0 Å². The number of nitrogens with one attached hydrogen (secondary N) is 1. The number of anilines is 1. The first-order valence-electron chi connectivity index (χ1n) is 9.38. The summed E-state index contributed by atoms with van der Waals surface area (Å²) in [6.45, 7) is 5.50. The summed E-state index contributed by atoms with van der Waals surface area (Å²) in [5.41, 5.74) is 5.48. The van der Waals surface area contributed by atoms with Crippen LogP contribution in [0.15, 0.2) is 48.5 Å². The van der Waals surface area contributed by atoms with Gasteiger partial charge in [-0.15, -0.1) is 0 Å². The second kappa shape index (κ2) is 6.79. The molecule has 0 aromatic heterocycles. The molecule has 0 atom stereocenters. The average Bonchev–Trinajstić information content (AvgIpc) is 2.67. The molecular weight excluding hydrogens is 306 g/mol. The molecule has 1 heterocycles. The lowest BCUT2D eigenvalue weighted by atomic mass is 9.95. The Morgan fingerprint density at radius 3 is 2.72 bits per heavy atom. The predicted molar refractivity (Wildman–Crippen MR) is 106 cm³/mol. The third-order valence-corrected chi connectivity index (χ3v) is 5.21. The van der Waals surface area contributed by atoms with E-state index in [1.807, 2.05) is 0 Å². The summed E-state index contributed by atoms with van der Waals surface area (Å²) < 4.78 is 6.29. The van der Waals surface area contributed by atoms with Gasteiger partial charge in [0.1, 0.15) is 11.5 Å². The molecule has 25 heavy (non-hydrogen) atoms. The normalized spacial score (nSPS) is 13.4. The molecule has 0 bridgehead atoms. The minimum Gasteiger partial charge on any atom is -0.457 e. The molecule has 0 unspecified atom stereocenters. The maximum atomic E-state index is 6.29. The highest BCUT2D eigenvalue weighted by molar-refractivity contribution is 5.92. The zero-order valence-electron chi connectivity index (χ0n) is 15.1. The van der Waals surface area contributed by atoms with Gasteiger partial charge in [-0.05, 0) is 59.9 Å². The topological polar surface area (TPSA) is 21.3 Å². The largest absolute Gasteiger partial charge is 0.457 e. The van der Waals surface area contributed by atoms with Crippen molar-refractivity contribution in [3.63, 3.8) is 0 Å². The molecule has 2 nitrogen and oxygen atoms in total. The van der Waals surface area contributed by atoms with Crippen molar-refractivity contribution in [3.8, 4) is 11.5 Å². The van der Waals surface area contributed by atoms with Gasteiger partial charge in [-0.2, -0.15) is 0 Å². The Balaban J connectivity index is 1.74. The number of hydrogen-bond donors (Lipinski definition) is 1. The monoisotopic (exact) mass is 331 g/mol. The van der Waals surface area contributed by atoms with Gasteiger partial charge >= 0.3 is 0 Å². The molecule has 0 amide bonds. The van der Waals surface area contributed by atoms with Crippen LogP contribution < -0.4 is 10.1 Å². The molecule has 0 aliphatic carbocycles. The molecule has 0 spiro atoms. The van der Waals surface area contributed by atoms with Crippen LogP contribution in [-0.2, 0) is 19.3 Å². The van der Waals surface area contributed by atoms with Crippen molar-refractivity contribution >= 4 is 16.5 Å². The Labute approximate surface area is 149 Å². The van der Waals surface area contributed by atoms with E-state index in [9.17, 15) is 0 Å². The zero-order chi connectivity index (χ0) is 17.2. The summed E-state index contributed by atoms with van der Waals surface area (Å²) in [5.74, 6) is 1.84. The van der Waals surface area contributed by atoms with Gasteiger partial charge in [0.2, 0.25) is 0 Å². The van der Waals surface area contributed by atoms with Gasteiger partial charge in [0.05, 0.1) is 0 Å². The maximum absolute atomic E-state index is 6.29. The number of aryl methyl sites for hydroxylation is 3. The second-order valence-electron chi connectivity index (χ2n) is 6.71. The van der Waals surface area contributed by atoms with Crippen molar-refractivity contribution < 1.29 is 4.74 Å². The Kier molecular flexibility index (Phi) is 4.35. The molecule has 1 aliphatic rings. The van der Waals surface area contributed by atoms with E-state index in [4.69, 9.17) is 4.74 Å². The maximum Gasteiger partial charge on any atom is 0.135 e. The quantitative estimate of drug-likeness (QED) is 0.622. The van der Waals surface area contributed by atoms with Gasteiger partial charge in [-0.25, -0.2) is 0 Å². The molecule has 0 fully saturated rings. The Morgan fingerprint density at radius 1 is 0.960 bits per heavy atom. The van der Waals surface area contributed by atoms with Crippen LogP contribution in [0.1, 0.15) is 37.0 Å². The van der Waals surface area contributed by atoms with Crippen molar-refractivity contribution in [1.29, 1.82) is 0 Å². The van der Waals surface area contributed by atoms with Crippen LogP contribution in [0, 0.1) is 0 Å². The lowest BCUT2D eigenvalue weighted by Gasteiger charge is -2.19. The highest BCUT2D eigenvalue weighted by Gasteiger charge is 2.12. The Hall–Kier alpha value is -2.48. The average molecular weight is 331 g/mol. The third-order valence-electron chi connectivity index (χ3n) is 5.21. The molecule has 1 N–H and O–H groups in total. The van der Waals surface area contributed by atoms with E-state index >= 15 is 0 Å². The van der Waals surface area contributed by atoms with E-state index in [2.05, 4.69) is 67.7 Å². The van der Waals surface area contributed by atoms with Gasteiger partial charge < -0.3 is 10.1 Å². The van der Waals surface area contributed by atoms with Crippen molar-refractivity contribution in [2.75, 3.05) is 11.9 Å². The zero-order valence-corrected chi connectivity index (χ0v) is 15.1. The number of hydrogen-bond acceptors (Lipinski definition) is 2. The molecule has 128 valence electrons. The first-order chi connectivity index (χ1) is 12.3. The highest BCUT2D eigenvalue weighted by atomic mass is 16.5. The molecule has 0 saturated carbocycles. The van der Waals surface area contributed by atoms with Gasteiger partial charge in [-0.1, -0.05) is 44.2 Å². The summed E-state index contributed by atoms with van der Waals surface area (Å²) in [4.78, 5) is 0. The van der Waals surface area contributed by atoms with Gasteiger partial charge in [0.15, 0.2) is 0 Å². The Bertz CT molecular complexity index is 913. The summed E-state index contributed by atoms with van der Waals surface area (Å²) in [6, 6.07) is 17.3. The fourth-order valence-electron chi connectivity index (χ4n) is 3.90. The number of ether oxygens (including phenoxy) is 1. The minimum absolute atomic E-state index is 0.901. The predicted octanol–water partition coefficient (Wildman–Crippen LogP) is 6.12. The van der Waals surface area contributed by atoms with E-state index < -0.39 is 0 Å². The molecule has 0 radical (unpaired) electrons. The lowest BCUT2D eigenvalue weighted by Crippen LogP contribution is -2.11. The van der Waals surface area contributed by atoms with E-state index in [-0.39, 0.29) is 0 Å². The van der Waals surface area contributed by atoms with E-state index in [1.54, 1.807) is 0 Å². The first kappa shape index (κ1) is 16.0. The fraction of sp³-hybridized carbons (Fsp3) is 0.304. The standard InChI is InChI=1S/C23H25NO/c1-3-16-11-13-21-20(19(16)4-2)8-5-9-23(21)25-18-12-10-17-7-6-14-24-22(17)15-18/h5,8-13,15,24H,3-4,6-7,14H2,1-2H3. The molecule has 4 rings (SSSR count). The molecule has 3 aromatic carbocycles. The van der Waals surface area contributed by atoms with Gasteiger partial charge in [0.25, 0.3) is 0 Å². The third kappa shape index (κ3) is 2.97. The molecule has 1 aliphatic heterocycles. The van der Waals surface area contributed by atoms with E-state index in [0.717, 1.165) is 37.3 Å². The molecule has 0 saturated heterocycles. The lowest BCUT2D eigenvalue weighted by molar-refractivity contribution is 0.488. The number of rotatable bonds is 4. The number of benzene rings is 3. The molecular formula is C23H25NO. The molecule has 2 heteroatoms. The van der Waals surface area contributed by atoms with Crippen LogP contribution in [0.5, 0.6) is 11.5 Å². The van der Waals surface area contributed by atoms with Crippen LogP contribution >= 0.6 is 0 Å². The fourth-order valence-corrected chi connectivity index (χ4v) is 3.90. The van der Waals surface area contributed by atoms with Crippen LogP contribution in [0.2, 0.25) is 0 Å². The van der Waals surface area contributed by atoms with Gasteiger partial charge in [0, 0.05) is 23.7 Å². The summed E-state index contributed by atoms with van der Waals surface area (Å²) >= 11 is 0.